The van der Waals surface area contributed by atoms with E-state index in [4.69, 9.17) is 15.6 Å². The molecule has 0 radical (unpaired) electrons. The van der Waals surface area contributed by atoms with Crippen molar-refractivity contribution < 1.29 is 9.53 Å². The molecule has 1 amide bonds. The van der Waals surface area contributed by atoms with Crippen LogP contribution in [0.25, 0.3) is 16.9 Å². The number of aromatic nitrogens is 3. The van der Waals surface area contributed by atoms with Gasteiger partial charge in [0.25, 0.3) is 0 Å². The van der Waals surface area contributed by atoms with Crippen molar-refractivity contribution in [1.29, 1.82) is 0 Å². The number of fused-ring (bicyclic) bond motifs is 1. The monoisotopic (exact) mass is 434 g/mol. The minimum Gasteiger partial charge on any atom is -0.446 e. The Morgan fingerprint density at radius 1 is 1.09 bits per heavy atom. The highest BCUT2D eigenvalue weighted by Gasteiger charge is 2.32. The van der Waals surface area contributed by atoms with Crippen LogP contribution in [0.15, 0.2) is 42.6 Å². The fourth-order valence-corrected chi connectivity index (χ4v) is 4.70. The van der Waals surface area contributed by atoms with E-state index in [-0.39, 0.29) is 18.2 Å². The average Bonchev–Trinajstić information content (AvgIpc) is 3.58. The van der Waals surface area contributed by atoms with Crippen LogP contribution in [-0.4, -0.2) is 50.8 Å². The fourth-order valence-electron chi connectivity index (χ4n) is 4.70. The molecule has 1 aliphatic heterocycles. The quantitative estimate of drug-likeness (QED) is 0.612. The number of benzene rings is 1. The van der Waals surface area contributed by atoms with Gasteiger partial charge in [-0.2, -0.15) is 0 Å². The van der Waals surface area contributed by atoms with Gasteiger partial charge >= 0.3 is 6.09 Å². The Hall–Kier alpha value is -3.13. The molecule has 3 N–H and O–H groups in total. The summed E-state index contributed by atoms with van der Waals surface area (Å²) in [5.74, 6) is 0.756. The number of nitrogens with two attached hydrogens (primary N) is 1. The Morgan fingerprint density at radius 3 is 2.69 bits per heavy atom. The van der Waals surface area contributed by atoms with Gasteiger partial charge in [0.2, 0.25) is 0 Å². The van der Waals surface area contributed by atoms with Gasteiger partial charge in [0.1, 0.15) is 11.9 Å². The summed E-state index contributed by atoms with van der Waals surface area (Å²) in [6.07, 6.45) is 8.04. The molecular formula is C24H30N6O2. The smallest absolute Gasteiger partial charge is 0.410 e. The van der Waals surface area contributed by atoms with Gasteiger partial charge in [0.15, 0.2) is 5.65 Å². The minimum atomic E-state index is -0.164. The zero-order valence-electron chi connectivity index (χ0n) is 18.2. The van der Waals surface area contributed by atoms with Gasteiger partial charge in [-0.25, -0.2) is 14.3 Å². The molecule has 5 rings (SSSR count). The number of rotatable bonds is 6. The number of amides is 1. The summed E-state index contributed by atoms with van der Waals surface area (Å²) in [7, 11) is 0. The van der Waals surface area contributed by atoms with E-state index in [0.29, 0.717) is 13.1 Å². The molecule has 1 saturated carbocycles. The zero-order valence-corrected chi connectivity index (χ0v) is 18.2. The third kappa shape index (κ3) is 4.27. The lowest BCUT2D eigenvalue weighted by molar-refractivity contribution is 0.0633. The predicted octanol–water partition coefficient (Wildman–Crippen LogP) is 3.81. The Kier molecular flexibility index (Phi) is 5.94. The highest BCUT2D eigenvalue weighted by atomic mass is 16.6. The SMILES string of the molecule is NCc1ccc(-c2cnc3ccc(NC[C@@H]4CCCN4C(=O)OC4CCCC4)nn23)cc1. The maximum atomic E-state index is 12.7. The molecule has 2 aromatic heterocycles. The molecule has 1 aliphatic carbocycles. The molecule has 2 fully saturated rings. The van der Waals surface area contributed by atoms with E-state index in [1.54, 1.807) is 0 Å². The van der Waals surface area contributed by atoms with Crippen LogP contribution in [0, 0.1) is 0 Å². The topological polar surface area (TPSA) is 97.8 Å². The van der Waals surface area contributed by atoms with Gasteiger partial charge in [0.05, 0.1) is 17.9 Å². The van der Waals surface area contributed by atoms with Crippen LogP contribution in [0.3, 0.4) is 0 Å². The minimum absolute atomic E-state index is 0.0966. The number of carbonyl (C=O) groups is 1. The number of imidazole rings is 1. The Balaban J connectivity index is 1.27. The summed E-state index contributed by atoms with van der Waals surface area (Å²) in [5.41, 5.74) is 9.55. The third-order valence-electron chi connectivity index (χ3n) is 6.55. The molecule has 1 aromatic carbocycles. The maximum Gasteiger partial charge on any atom is 0.410 e. The molecule has 2 aliphatic rings. The summed E-state index contributed by atoms with van der Waals surface area (Å²) in [6, 6.07) is 12.1. The van der Waals surface area contributed by atoms with Crippen molar-refractivity contribution in [2.75, 3.05) is 18.4 Å². The number of nitrogens with zero attached hydrogens (tertiary/aromatic N) is 4. The summed E-state index contributed by atoms with van der Waals surface area (Å²) >= 11 is 0. The normalized spacial score (nSPS) is 19.0. The largest absolute Gasteiger partial charge is 0.446 e. The Bertz CT molecular complexity index is 1070. The van der Waals surface area contributed by atoms with Gasteiger partial charge < -0.3 is 20.7 Å². The van der Waals surface area contributed by atoms with Crippen molar-refractivity contribution >= 4 is 17.6 Å². The van der Waals surface area contributed by atoms with Gasteiger partial charge in [-0.05, 0) is 56.2 Å². The first-order chi connectivity index (χ1) is 15.7. The highest BCUT2D eigenvalue weighted by Crippen LogP contribution is 2.25. The third-order valence-corrected chi connectivity index (χ3v) is 6.55. The molecule has 8 nitrogen and oxygen atoms in total. The lowest BCUT2D eigenvalue weighted by Gasteiger charge is -2.26. The van der Waals surface area contributed by atoms with Crippen molar-refractivity contribution in [3.05, 3.63) is 48.2 Å². The summed E-state index contributed by atoms with van der Waals surface area (Å²) in [6.45, 7) is 1.93. The lowest BCUT2D eigenvalue weighted by atomic mass is 10.1. The van der Waals surface area contributed by atoms with Crippen molar-refractivity contribution in [3.8, 4) is 11.3 Å². The molecule has 1 saturated heterocycles. The fraction of sp³-hybridized carbons (Fsp3) is 0.458. The van der Waals surface area contributed by atoms with Crippen LogP contribution < -0.4 is 11.1 Å². The number of hydrogen-bond donors (Lipinski definition) is 2. The second-order valence-corrected chi connectivity index (χ2v) is 8.69. The molecule has 0 bridgehead atoms. The molecule has 0 spiro atoms. The van der Waals surface area contributed by atoms with Gasteiger partial charge in [-0.3, -0.25) is 0 Å². The second-order valence-electron chi connectivity index (χ2n) is 8.69. The lowest BCUT2D eigenvalue weighted by Crippen LogP contribution is -2.41. The average molecular weight is 435 g/mol. The summed E-state index contributed by atoms with van der Waals surface area (Å²) in [4.78, 5) is 19.0. The van der Waals surface area contributed by atoms with Crippen LogP contribution in [0.5, 0.6) is 0 Å². The standard InChI is InChI=1S/C24H30N6O2/c25-14-17-7-9-18(10-8-17)21-16-27-23-12-11-22(28-30(21)23)26-15-19-4-3-13-29(19)24(31)32-20-5-1-2-6-20/h7-12,16,19-20H,1-6,13-15,25H2,(H,26,28)/t19-/m0/s1. The van der Waals surface area contributed by atoms with E-state index in [9.17, 15) is 4.79 Å². The highest BCUT2D eigenvalue weighted by molar-refractivity contribution is 5.69. The first-order valence-electron chi connectivity index (χ1n) is 11.6. The van der Waals surface area contributed by atoms with E-state index in [0.717, 1.165) is 73.4 Å². The number of likely N-dealkylation sites (tertiary alicyclic amines) is 1. The van der Waals surface area contributed by atoms with Crippen LogP contribution in [0.4, 0.5) is 10.6 Å². The Labute approximate surface area is 187 Å². The number of anilines is 1. The van der Waals surface area contributed by atoms with Crippen LogP contribution in [-0.2, 0) is 11.3 Å². The van der Waals surface area contributed by atoms with E-state index in [1.165, 1.54) is 0 Å². The first-order valence-corrected chi connectivity index (χ1v) is 11.6. The molecular weight excluding hydrogens is 404 g/mol. The number of nitrogens with one attached hydrogen (secondary N) is 1. The van der Waals surface area contributed by atoms with Crippen molar-refractivity contribution in [2.24, 2.45) is 5.73 Å². The van der Waals surface area contributed by atoms with E-state index >= 15 is 0 Å². The molecule has 0 unspecified atom stereocenters. The van der Waals surface area contributed by atoms with Crippen LogP contribution >= 0.6 is 0 Å². The predicted molar refractivity (Wildman–Crippen MR) is 123 cm³/mol. The summed E-state index contributed by atoms with van der Waals surface area (Å²) in [5, 5.41) is 8.17. The van der Waals surface area contributed by atoms with Gasteiger partial charge in [-0.15, -0.1) is 5.10 Å². The number of hydrogen-bond acceptors (Lipinski definition) is 6. The second kappa shape index (κ2) is 9.16. The van der Waals surface area contributed by atoms with Crippen molar-refractivity contribution in [2.45, 2.75) is 57.2 Å². The first kappa shape index (κ1) is 20.8. The van der Waals surface area contributed by atoms with Crippen molar-refractivity contribution in [1.82, 2.24) is 19.5 Å². The molecule has 3 aromatic rings. The summed E-state index contributed by atoms with van der Waals surface area (Å²) < 4.78 is 7.58. The van der Waals surface area contributed by atoms with Crippen LogP contribution in [0.2, 0.25) is 0 Å². The van der Waals surface area contributed by atoms with Gasteiger partial charge in [0, 0.05) is 25.2 Å². The van der Waals surface area contributed by atoms with Gasteiger partial charge in [-0.1, -0.05) is 24.3 Å². The molecule has 8 heteroatoms. The van der Waals surface area contributed by atoms with E-state index in [2.05, 4.69) is 10.3 Å². The molecule has 3 heterocycles. The molecule has 168 valence electrons. The number of carbonyl (C=O) groups excluding carboxylic acids is 1. The molecule has 32 heavy (non-hydrogen) atoms. The zero-order chi connectivity index (χ0) is 21.9. The Morgan fingerprint density at radius 2 is 1.91 bits per heavy atom. The van der Waals surface area contributed by atoms with E-state index < -0.39 is 0 Å². The van der Waals surface area contributed by atoms with E-state index in [1.807, 2.05) is 52.0 Å². The molecule has 1 atom stereocenters. The van der Waals surface area contributed by atoms with Crippen molar-refractivity contribution in [3.63, 3.8) is 0 Å². The van der Waals surface area contributed by atoms with Crippen LogP contribution in [0.1, 0.15) is 44.1 Å². The number of ether oxygens (including phenoxy) is 1. The maximum absolute atomic E-state index is 12.7.